The average molecular weight is 516 g/mol. The number of furan rings is 1. The van der Waals surface area contributed by atoms with Crippen molar-refractivity contribution in [1.82, 2.24) is 14.7 Å². The van der Waals surface area contributed by atoms with Gasteiger partial charge in [0, 0.05) is 38.6 Å². The largest absolute Gasteiger partial charge is 0.467 e. The van der Waals surface area contributed by atoms with E-state index in [1.165, 1.54) is 11.1 Å². The third-order valence-electron chi connectivity index (χ3n) is 7.56. The van der Waals surface area contributed by atoms with Gasteiger partial charge in [-0.15, -0.1) is 0 Å². The van der Waals surface area contributed by atoms with Crippen LogP contribution in [0.15, 0.2) is 83.5 Å². The molecular formula is C31H37N3O4. The highest BCUT2D eigenvalue weighted by Gasteiger charge is 2.46. The number of nitrogens with zero attached hydrogens (tertiary/aromatic N) is 3. The Bertz CT molecular complexity index is 1150. The minimum atomic E-state index is -0.0577. The first-order valence-electron chi connectivity index (χ1n) is 13.7. The van der Waals surface area contributed by atoms with E-state index in [2.05, 4.69) is 29.2 Å². The molecule has 1 aliphatic carbocycles. The van der Waals surface area contributed by atoms with Crippen LogP contribution in [0.1, 0.15) is 29.2 Å². The first-order chi connectivity index (χ1) is 18.7. The molecule has 0 N–H and O–H groups in total. The van der Waals surface area contributed by atoms with Gasteiger partial charge in [-0.05, 0) is 42.0 Å². The van der Waals surface area contributed by atoms with Crippen LogP contribution in [-0.4, -0.2) is 79.0 Å². The van der Waals surface area contributed by atoms with E-state index in [1.54, 1.807) is 11.2 Å². The number of carbonyl (C=O) groups excluding carboxylic acids is 2. The molecule has 2 aromatic carbocycles. The Morgan fingerprint density at radius 3 is 2.32 bits per heavy atom. The highest BCUT2D eigenvalue weighted by molar-refractivity contribution is 5.88. The van der Waals surface area contributed by atoms with Crippen LogP contribution in [0.25, 0.3) is 0 Å². The molecule has 2 atom stereocenters. The number of hydrogen-bond donors (Lipinski definition) is 0. The maximum Gasteiger partial charge on any atom is 0.242 e. The Morgan fingerprint density at radius 2 is 1.61 bits per heavy atom. The molecule has 0 bridgehead atoms. The predicted molar refractivity (Wildman–Crippen MR) is 145 cm³/mol. The zero-order valence-electron chi connectivity index (χ0n) is 21.9. The number of morpholine rings is 1. The standard InChI is InChI=1S/C31H37N3O4/c35-30(33(23-27-12-7-19-38-27)14-13-25-8-3-1-4-9-25)24-34(16-15-32-17-20-37-21-18-32)31(36)29-22-28(29)26-10-5-2-6-11-26/h1-12,19,28-29H,13-18,20-24H2. The summed E-state index contributed by atoms with van der Waals surface area (Å²) in [6.45, 7) is 5.44. The second kappa shape index (κ2) is 12.9. The molecule has 7 nitrogen and oxygen atoms in total. The van der Waals surface area contributed by atoms with Crippen LogP contribution >= 0.6 is 0 Å². The van der Waals surface area contributed by atoms with E-state index < -0.39 is 0 Å². The van der Waals surface area contributed by atoms with Crippen molar-refractivity contribution >= 4 is 11.8 Å². The maximum absolute atomic E-state index is 13.7. The molecule has 7 heteroatoms. The molecular weight excluding hydrogens is 478 g/mol. The van der Waals surface area contributed by atoms with E-state index in [-0.39, 0.29) is 30.2 Å². The van der Waals surface area contributed by atoms with Gasteiger partial charge in [0.1, 0.15) is 5.76 Å². The van der Waals surface area contributed by atoms with Crippen LogP contribution in [0.5, 0.6) is 0 Å². The van der Waals surface area contributed by atoms with Crippen molar-refractivity contribution in [2.75, 3.05) is 52.5 Å². The molecule has 2 aliphatic rings. The molecule has 5 rings (SSSR count). The summed E-state index contributed by atoms with van der Waals surface area (Å²) in [6.07, 6.45) is 3.22. The summed E-state index contributed by atoms with van der Waals surface area (Å²) in [6, 6.07) is 24.1. The van der Waals surface area contributed by atoms with Gasteiger partial charge in [-0.1, -0.05) is 60.7 Å². The minimum absolute atomic E-state index is 0.0513. The van der Waals surface area contributed by atoms with Gasteiger partial charge >= 0.3 is 0 Å². The summed E-state index contributed by atoms with van der Waals surface area (Å²) in [4.78, 5) is 33.3. The fourth-order valence-corrected chi connectivity index (χ4v) is 5.18. The molecule has 2 heterocycles. The number of carbonyl (C=O) groups is 2. The van der Waals surface area contributed by atoms with E-state index >= 15 is 0 Å². The van der Waals surface area contributed by atoms with E-state index in [0.717, 1.165) is 38.2 Å². The average Bonchev–Trinajstić information content (AvgIpc) is 3.61. The third kappa shape index (κ3) is 7.11. The first-order valence-corrected chi connectivity index (χ1v) is 13.7. The molecule has 2 unspecified atom stereocenters. The van der Waals surface area contributed by atoms with Crippen LogP contribution in [0.3, 0.4) is 0 Å². The zero-order valence-corrected chi connectivity index (χ0v) is 21.9. The smallest absolute Gasteiger partial charge is 0.242 e. The van der Waals surface area contributed by atoms with E-state index in [4.69, 9.17) is 9.15 Å². The molecule has 0 spiro atoms. The van der Waals surface area contributed by atoms with Gasteiger partial charge in [0.15, 0.2) is 0 Å². The van der Waals surface area contributed by atoms with E-state index in [0.29, 0.717) is 32.8 Å². The third-order valence-corrected chi connectivity index (χ3v) is 7.56. The Balaban J connectivity index is 1.27. The van der Waals surface area contributed by atoms with Crippen molar-refractivity contribution in [3.8, 4) is 0 Å². The second-order valence-electron chi connectivity index (χ2n) is 10.2. The molecule has 2 fully saturated rings. The summed E-state index contributed by atoms with van der Waals surface area (Å²) in [7, 11) is 0. The van der Waals surface area contributed by atoms with Crippen LogP contribution in [0.2, 0.25) is 0 Å². The summed E-state index contributed by atoms with van der Waals surface area (Å²) < 4.78 is 11.0. The van der Waals surface area contributed by atoms with Crippen molar-refractivity contribution in [2.45, 2.75) is 25.3 Å². The second-order valence-corrected chi connectivity index (χ2v) is 10.2. The van der Waals surface area contributed by atoms with Crippen molar-refractivity contribution in [2.24, 2.45) is 5.92 Å². The van der Waals surface area contributed by atoms with Gasteiger partial charge in [0.25, 0.3) is 0 Å². The summed E-state index contributed by atoms with van der Waals surface area (Å²) in [5.41, 5.74) is 2.38. The molecule has 38 heavy (non-hydrogen) atoms. The van der Waals surface area contributed by atoms with Crippen LogP contribution in [-0.2, 0) is 27.3 Å². The fraction of sp³-hybridized carbons (Fsp3) is 0.419. The highest BCUT2D eigenvalue weighted by Crippen LogP contribution is 2.48. The summed E-state index contributed by atoms with van der Waals surface area (Å²) in [5, 5.41) is 0. The van der Waals surface area contributed by atoms with Gasteiger partial charge < -0.3 is 19.0 Å². The number of ether oxygens (including phenoxy) is 1. The molecule has 1 saturated heterocycles. The predicted octanol–water partition coefficient (Wildman–Crippen LogP) is 3.82. The summed E-state index contributed by atoms with van der Waals surface area (Å²) >= 11 is 0. The Labute approximate surface area is 225 Å². The van der Waals surface area contributed by atoms with Crippen LogP contribution in [0, 0.1) is 5.92 Å². The Kier molecular flexibility index (Phi) is 8.89. The van der Waals surface area contributed by atoms with Gasteiger partial charge in [-0.25, -0.2) is 0 Å². The van der Waals surface area contributed by atoms with E-state index in [9.17, 15) is 9.59 Å². The van der Waals surface area contributed by atoms with Gasteiger partial charge in [0.2, 0.25) is 11.8 Å². The van der Waals surface area contributed by atoms with Crippen LogP contribution < -0.4 is 0 Å². The highest BCUT2D eigenvalue weighted by atomic mass is 16.5. The lowest BCUT2D eigenvalue weighted by Gasteiger charge is -2.31. The zero-order chi connectivity index (χ0) is 26.2. The lowest BCUT2D eigenvalue weighted by atomic mass is 10.1. The van der Waals surface area contributed by atoms with Crippen molar-refractivity contribution in [1.29, 1.82) is 0 Å². The fourth-order valence-electron chi connectivity index (χ4n) is 5.18. The van der Waals surface area contributed by atoms with Gasteiger partial charge in [0.05, 0.1) is 32.6 Å². The minimum Gasteiger partial charge on any atom is -0.467 e. The lowest BCUT2D eigenvalue weighted by molar-refractivity contribution is -0.142. The molecule has 1 saturated carbocycles. The normalized spacial score (nSPS) is 19.2. The molecule has 0 radical (unpaired) electrons. The quantitative estimate of drug-likeness (QED) is 0.367. The number of benzene rings is 2. The van der Waals surface area contributed by atoms with Gasteiger partial charge in [-0.3, -0.25) is 14.5 Å². The molecule has 1 aliphatic heterocycles. The molecule has 2 amide bonds. The SMILES string of the molecule is O=C(CN(CCN1CCOCC1)C(=O)C1CC1c1ccccc1)N(CCc1ccccc1)Cc1ccco1. The molecule has 200 valence electrons. The lowest BCUT2D eigenvalue weighted by Crippen LogP contribution is -2.48. The molecule has 3 aromatic rings. The number of hydrogen-bond acceptors (Lipinski definition) is 5. The monoisotopic (exact) mass is 515 g/mol. The molecule has 1 aromatic heterocycles. The summed E-state index contributed by atoms with van der Waals surface area (Å²) in [5.74, 6) is 0.953. The maximum atomic E-state index is 13.7. The first kappa shape index (κ1) is 26.2. The Morgan fingerprint density at radius 1 is 0.868 bits per heavy atom. The van der Waals surface area contributed by atoms with Crippen LogP contribution in [0.4, 0.5) is 0 Å². The topological polar surface area (TPSA) is 66.2 Å². The van der Waals surface area contributed by atoms with Crippen molar-refractivity contribution < 1.29 is 18.7 Å². The number of rotatable bonds is 12. The van der Waals surface area contributed by atoms with E-state index in [1.807, 2.05) is 53.4 Å². The van der Waals surface area contributed by atoms with Crippen molar-refractivity contribution in [3.63, 3.8) is 0 Å². The van der Waals surface area contributed by atoms with Crippen molar-refractivity contribution in [3.05, 3.63) is 95.9 Å². The van der Waals surface area contributed by atoms with Gasteiger partial charge in [-0.2, -0.15) is 0 Å². The number of amides is 2. The Hall–Kier alpha value is -3.42.